The number of rotatable bonds is 2. The Morgan fingerprint density at radius 3 is 2.42 bits per heavy atom. The van der Waals surface area contributed by atoms with Gasteiger partial charge in [0.05, 0.1) is 5.56 Å². The van der Waals surface area contributed by atoms with Crippen LogP contribution < -0.4 is 4.90 Å². The molecule has 0 aliphatic heterocycles. The van der Waals surface area contributed by atoms with Gasteiger partial charge in [-0.25, -0.2) is 4.39 Å². The Bertz CT molecular complexity index is 656. The van der Waals surface area contributed by atoms with E-state index >= 15 is 0 Å². The van der Waals surface area contributed by atoms with E-state index in [9.17, 15) is 4.39 Å². The normalized spacial score (nSPS) is 10.1. The fourth-order valence-electron chi connectivity index (χ4n) is 2.12. The summed E-state index contributed by atoms with van der Waals surface area (Å²) >= 11 is 0. The van der Waals surface area contributed by atoms with E-state index in [0.717, 1.165) is 16.9 Å². The number of benzene rings is 2. The second-order valence-electron chi connectivity index (χ2n) is 4.62. The maximum Gasteiger partial charge on any atom is 0.143 e. The van der Waals surface area contributed by atoms with Crippen LogP contribution in [-0.2, 0) is 0 Å². The lowest BCUT2D eigenvalue weighted by Gasteiger charge is -2.22. The van der Waals surface area contributed by atoms with E-state index in [0.29, 0.717) is 0 Å². The fourth-order valence-corrected chi connectivity index (χ4v) is 2.12. The van der Waals surface area contributed by atoms with Crippen LogP contribution >= 0.6 is 0 Å². The Morgan fingerprint density at radius 1 is 1.11 bits per heavy atom. The predicted molar refractivity (Wildman–Crippen MR) is 75.1 cm³/mol. The van der Waals surface area contributed by atoms with Gasteiger partial charge >= 0.3 is 0 Å². The maximum atomic E-state index is 13.6. The van der Waals surface area contributed by atoms with Crippen LogP contribution in [0.2, 0.25) is 0 Å². The molecule has 0 amide bonds. The molecule has 0 saturated heterocycles. The Hall–Kier alpha value is -2.34. The highest BCUT2D eigenvalue weighted by atomic mass is 19.1. The summed E-state index contributed by atoms with van der Waals surface area (Å²) in [6.45, 7) is 4.07. The number of nitrogens with zero attached hydrogens (tertiary/aromatic N) is 2. The molecule has 0 saturated carbocycles. The zero-order chi connectivity index (χ0) is 14.0. The van der Waals surface area contributed by atoms with Crippen LogP contribution in [0.1, 0.15) is 16.7 Å². The zero-order valence-corrected chi connectivity index (χ0v) is 11.2. The molecule has 2 aromatic carbocycles. The zero-order valence-electron chi connectivity index (χ0n) is 11.2. The van der Waals surface area contributed by atoms with Crippen LogP contribution in [0.3, 0.4) is 0 Å². The number of halogens is 1. The number of anilines is 2. The molecular weight excluding hydrogens is 239 g/mol. The number of aryl methyl sites for hydroxylation is 2. The molecule has 96 valence electrons. The minimum atomic E-state index is -0.489. The molecule has 19 heavy (non-hydrogen) atoms. The lowest BCUT2D eigenvalue weighted by atomic mass is 10.1. The molecule has 0 aromatic heterocycles. The summed E-state index contributed by atoms with van der Waals surface area (Å²) in [7, 11) is 1.89. The third-order valence-electron chi connectivity index (χ3n) is 3.17. The van der Waals surface area contributed by atoms with Gasteiger partial charge in [-0.2, -0.15) is 5.26 Å². The van der Waals surface area contributed by atoms with E-state index in [4.69, 9.17) is 5.26 Å². The van der Waals surface area contributed by atoms with Gasteiger partial charge in [-0.05, 0) is 43.7 Å². The molecule has 0 spiro atoms. The molecule has 0 radical (unpaired) electrons. The minimum absolute atomic E-state index is 0.0674. The van der Waals surface area contributed by atoms with Crippen molar-refractivity contribution in [2.45, 2.75) is 13.8 Å². The first kappa shape index (κ1) is 13.1. The van der Waals surface area contributed by atoms with E-state index in [1.807, 2.05) is 44.0 Å². The molecule has 0 atom stereocenters. The molecule has 2 aromatic rings. The summed E-state index contributed by atoms with van der Waals surface area (Å²) in [5.41, 5.74) is 4.14. The van der Waals surface area contributed by atoms with Gasteiger partial charge < -0.3 is 4.90 Å². The van der Waals surface area contributed by atoms with E-state index < -0.39 is 5.82 Å². The van der Waals surface area contributed by atoms with Gasteiger partial charge in [-0.1, -0.05) is 17.7 Å². The van der Waals surface area contributed by atoms with Crippen molar-refractivity contribution in [2.75, 3.05) is 11.9 Å². The van der Waals surface area contributed by atoms with Gasteiger partial charge in [0, 0.05) is 18.4 Å². The van der Waals surface area contributed by atoms with Crippen molar-refractivity contribution < 1.29 is 4.39 Å². The lowest BCUT2D eigenvalue weighted by Crippen LogP contribution is -2.11. The molecule has 0 fully saturated rings. The third-order valence-corrected chi connectivity index (χ3v) is 3.17. The van der Waals surface area contributed by atoms with Crippen LogP contribution in [0, 0.1) is 31.0 Å². The average Bonchev–Trinajstić information content (AvgIpc) is 2.38. The molecule has 0 heterocycles. The molecule has 2 nitrogen and oxygen atoms in total. The van der Waals surface area contributed by atoms with Crippen molar-refractivity contribution in [3.63, 3.8) is 0 Å². The van der Waals surface area contributed by atoms with E-state index in [2.05, 4.69) is 6.07 Å². The standard InChI is InChI=1S/C16H15FN2/c1-11-4-7-16(12(2)8-11)19(3)14-6-5-13(10-18)15(17)9-14/h4-9H,1-3H3. The first-order valence-corrected chi connectivity index (χ1v) is 6.03. The molecule has 0 bridgehead atoms. The smallest absolute Gasteiger partial charge is 0.143 e. The molecular formula is C16H15FN2. The molecule has 0 unspecified atom stereocenters. The Morgan fingerprint density at radius 2 is 1.84 bits per heavy atom. The predicted octanol–water partition coefficient (Wildman–Crippen LogP) is 4.08. The summed E-state index contributed by atoms with van der Waals surface area (Å²) in [6, 6.07) is 12.6. The summed E-state index contributed by atoms with van der Waals surface area (Å²) in [4.78, 5) is 1.92. The van der Waals surface area contributed by atoms with Crippen LogP contribution in [-0.4, -0.2) is 7.05 Å². The van der Waals surface area contributed by atoms with Crippen LogP contribution in [0.15, 0.2) is 36.4 Å². The Kier molecular flexibility index (Phi) is 3.52. The largest absolute Gasteiger partial charge is 0.344 e. The summed E-state index contributed by atoms with van der Waals surface area (Å²) in [6.07, 6.45) is 0. The first-order chi connectivity index (χ1) is 9.02. The molecule has 0 aliphatic rings. The van der Waals surface area contributed by atoms with Gasteiger partial charge in [-0.3, -0.25) is 0 Å². The van der Waals surface area contributed by atoms with Crippen molar-refractivity contribution in [1.29, 1.82) is 5.26 Å². The van der Waals surface area contributed by atoms with E-state index in [-0.39, 0.29) is 5.56 Å². The monoisotopic (exact) mass is 254 g/mol. The Balaban J connectivity index is 2.41. The third kappa shape index (κ3) is 2.58. The van der Waals surface area contributed by atoms with Gasteiger partial charge in [0.1, 0.15) is 11.9 Å². The van der Waals surface area contributed by atoms with Crippen molar-refractivity contribution in [3.05, 3.63) is 58.9 Å². The van der Waals surface area contributed by atoms with E-state index in [1.165, 1.54) is 17.7 Å². The van der Waals surface area contributed by atoms with Crippen LogP contribution in [0.4, 0.5) is 15.8 Å². The highest BCUT2D eigenvalue weighted by molar-refractivity contribution is 5.66. The summed E-state index contributed by atoms with van der Waals surface area (Å²) in [5.74, 6) is -0.489. The van der Waals surface area contributed by atoms with Crippen molar-refractivity contribution in [3.8, 4) is 6.07 Å². The topological polar surface area (TPSA) is 27.0 Å². The lowest BCUT2D eigenvalue weighted by molar-refractivity contribution is 0.624. The van der Waals surface area contributed by atoms with Gasteiger partial charge in [0.25, 0.3) is 0 Å². The van der Waals surface area contributed by atoms with Crippen molar-refractivity contribution in [2.24, 2.45) is 0 Å². The Labute approximate surface area is 112 Å². The second-order valence-corrected chi connectivity index (χ2v) is 4.62. The molecule has 3 heteroatoms. The van der Waals surface area contributed by atoms with Gasteiger partial charge in [0.2, 0.25) is 0 Å². The SMILES string of the molecule is Cc1ccc(N(C)c2ccc(C#N)c(F)c2)c(C)c1. The highest BCUT2D eigenvalue weighted by Crippen LogP contribution is 2.28. The van der Waals surface area contributed by atoms with E-state index in [1.54, 1.807) is 6.07 Å². The number of hydrogen-bond donors (Lipinski definition) is 0. The molecule has 2 rings (SSSR count). The average molecular weight is 254 g/mol. The van der Waals surface area contributed by atoms with Gasteiger partial charge in [-0.15, -0.1) is 0 Å². The summed E-state index contributed by atoms with van der Waals surface area (Å²) < 4.78 is 13.6. The molecule has 0 aliphatic carbocycles. The van der Waals surface area contributed by atoms with Gasteiger partial charge in [0.15, 0.2) is 0 Å². The first-order valence-electron chi connectivity index (χ1n) is 6.03. The maximum absolute atomic E-state index is 13.6. The quantitative estimate of drug-likeness (QED) is 0.807. The van der Waals surface area contributed by atoms with Crippen molar-refractivity contribution >= 4 is 11.4 Å². The van der Waals surface area contributed by atoms with Crippen LogP contribution in [0.5, 0.6) is 0 Å². The van der Waals surface area contributed by atoms with Crippen molar-refractivity contribution in [1.82, 2.24) is 0 Å². The highest BCUT2D eigenvalue weighted by Gasteiger charge is 2.10. The minimum Gasteiger partial charge on any atom is -0.344 e. The second kappa shape index (κ2) is 5.11. The fraction of sp³-hybridized carbons (Fsp3) is 0.188. The van der Waals surface area contributed by atoms with Crippen LogP contribution in [0.25, 0.3) is 0 Å². The molecule has 0 N–H and O–H groups in total. The summed E-state index contributed by atoms with van der Waals surface area (Å²) in [5, 5.41) is 8.74. The number of nitriles is 1. The number of hydrogen-bond acceptors (Lipinski definition) is 2.